The van der Waals surface area contributed by atoms with Gasteiger partial charge in [-0.1, -0.05) is 40.9 Å². The van der Waals surface area contributed by atoms with E-state index in [-0.39, 0.29) is 18.2 Å². The van der Waals surface area contributed by atoms with Crippen LogP contribution in [-0.2, 0) is 9.59 Å². The largest absolute Gasteiger partial charge is 0.481 e. The van der Waals surface area contributed by atoms with Crippen molar-refractivity contribution >= 4 is 27.8 Å². The number of hydrogen-bond acceptors (Lipinski definition) is 2. The van der Waals surface area contributed by atoms with Gasteiger partial charge < -0.3 is 10.4 Å². The van der Waals surface area contributed by atoms with Gasteiger partial charge in [0.15, 0.2) is 0 Å². The van der Waals surface area contributed by atoms with Crippen LogP contribution >= 0.6 is 15.9 Å². The van der Waals surface area contributed by atoms with E-state index >= 15 is 0 Å². The lowest BCUT2D eigenvalue weighted by molar-refractivity contribution is -0.137. The highest BCUT2D eigenvalue weighted by Crippen LogP contribution is 2.27. The minimum Gasteiger partial charge on any atom is -0.481 e. The molecule has 1 fully saturated rings. The average Bonchev–Trinajstić information content (AvgIpc) is 2.91. The van der Waals surface area contributed by atoms with Crippen molar-refractivity contribution in [3.63, 3.8) is 0 Å². The van der Waals surface area contributed by atoms with Crippen LogP contribution in [-0.4, -0.2) is 17.0 Å². The van der Waals surface area contributed by atoms with Crippen LogP contribution in [0.15, 0.2) is 28.7 Å². The molecule has 2 rings (SSSR count). The Morgan fingerprint density at radius 1 is 1.35 bits per heavy atom. The number of carbonyl (C=O) groups excluding carboxylic acids is 1. The number of benzene rings is 1. The Kier molecular flexibility index (Phi) is 5.17. The summed E-state index contributed by atoms with van der Waals surface area (Å²) in [5.74, 6) is -0.895. The molecule has 0 radical (unpaired) electrons. The van der Waals surface area contributed by atoms with E-state index in [4.69, 9.17) is 5.11 Å². The second kappa shape index (κ2) is 6.88. The zero-order chi connectivity index (χ0) is 14.5. The summed E-state index contributed by atoms with van der Waals surface area (Å²) in [6.45, 7) is 0. The Morgan fingerprint density at radius 3 is 2.65 bits per heavy atom. The predicted octanol–water partition coefficient (Wildman–Crippen LogP) is 3.27. The fourth-order valence-corrected chi connectivity index (χ4v) is 3.04. The van der Waals surface area contributed by atoms with E-state index in [0.717, 1.165) is 35.7 Å². The molecule has 0 aliphatic heterocycles. The van der Waals surface area contributed by atoms with Gasteiger partial charge in [0.1, 0.15) is 0 Å². The van der Waals surface area contributed by atoms with Crippen LogP contribution in [0.1, 0.15) is 43.7 Å². The van der Waals surface area contributed by atoms with Gasteiger partial charge in [0.2, 0.25) is 5.91 Å². The van der Waals surface area contributed by atoms with Gasteiger partial charge in [0.05, 0.1) is 12.5 Å². The van der Waals surface area contributed by atoms with Crippen molar-refractivity contribution in [1.82, 2.24) is 5.32 Å². The molecule has 0 heterocycles. The number of rotatable bonds is 5. The van der Waals surface area contributed by atoms with Crippen molar-refractivity contribution in [2.24, 2.45) is 5.92 Å². The molecule has 1 amide bonds. The number of carboxylic acid groups (broad SMARTS) is 1. The summed E-state index contributed by atoms with van der Waals surface area (Å²) in [7, 11) is 0. The standard InChI is InChI=1S/C15H18BrNO3/c16-12-7-3-6-11(8-12)13(9-14(18)19)17-15(20)10-4-1-2-5-10/h3,6-8,10,13H,1-2,4-5,9H2,(H,17,20)(H,18,19). The molecule has 0 saturated heterocycles. The van der Waals surface area contributed by atoms with Crippen molar-refractivity contribution in [3.05, 3.63) is 34.3 Å². The average molecular weight is 340 g/mol. The van der Waals surface area contributed by atoms with Crippen molar-refractivity contribution in [1.29, 1.82) is 0 Å². The normalized spacial score (nSPS) is 16.9. The molecule has 4 nitrogen and oxygen atoms in total. The molecular formula is C15H18BrNO3. The highest BCUT2D eigenvalue weighted by molar-refractivity contribution is 9.10. The maximum atomic E-state index is 12.2. The monoisotopic (exact) mass is 339 g/mol. The van der Waals surface area contributed by atoms with Crippen LogP contribution in [0.5, 0.6) is 0 Å². The van der Waals surface area contributed by atoms with Crippen molar-refractivity contribution < 1.29 is 14.7 Å². The maximum Gasteiger partial charge on any atom is 0.305 e. The SMILES string of the molecule is O=C(O)CC(NC(=O)C1CCCC1)c1cccc(Br)c1. The van der Waals surface area contributed by atoms with E-state index in [1.165, 1.54) is 0 Å². The number of aliphatic carboxylic acids is 1. The van der Waals surface area contributed by atoms with Crippen molar-refractivity contribution in [3.8, 4) is 0 Å². The molecule has 1 aromatic rings. The Labute approximate surface area is 126 Å². The van der Waals surface area contributed by atoms with Crippen LogP contribution in [0, 0.1) is 5.92 Å². The third-order valence-electron chi connectivity index (χ3n) is 3.67. The maximum absolute atomic E-state index is 12.2. The number of halogens is 1. The Balaban J connectivity index is 2.10. The van der Waals surface area contributed by atoms with Gasteiger partial charge in [-0.3, -0.25) is 9.59 Å². The first kappa shape index (κ1) is 15.0. The smallest absolute Gasteiger partial charge is 0.305 e. The van der Waals surface area contributed by atoms with Gasteiger partial charge in [0.25, 0.3) is 0 Å². The molecule has 1 unspecified atom stereocenters. The van der Waals surface area contributed by atoms with Crippen LogP contribution in [0.25, 0.3) is 0 Å². The summed E-state index contributed by atoms with van der Waals surface area (Å²) in [6, 6.07) is 6.93. The van der Waals surface area contributed by atoms with Crippen molar-refractivity contribution in [2.75, 3.05) is 0 Å². The lowest BCUT2D eigenvalue weighted by Crippen LogP contribution is -2.34. The molecule has 2 N–H and O–H groups in total. The molecule has 108 valence electrons. The molecular weight excluding hydrogens is 322 g/mol. The fraction of sp³-hybridized carbons (Fsp3) is 0.467. The number of hydrogen-bond donors (Lipinski definition) is 2. The summed E-state index contributed by atoms with van der Waals surface area (Å²) in [5, 5.41) is 11.9. The lowest BCUT2D eigenvalue weighted by atomic mass is 10.0. The Morgan fingerprint density at radius 2 is 2.05 bits per heavy atom. The Bertz CT molecular complexity index is 498. The van der Waals surface area contributed by atoms with Crippen LogP contribution in [0.3, 0.4) is 0 Å². The topological polar surface area (TPSA) is 66.4 Å². The molecule has 1 aromatic carbocycles. The molecule has 0 aromatic heterocycles. The fourth-order valence-electron chi connectivity index (χ4n) is 2.63. The number of carboxylic acids is 1. The molecule has 1 atom stereocenters. The van der Waals surface area contributed by atoms with E-state index in [1.54, 1.807) is 0 Å². The van der Waals surface area contributed by atoms with E-state index in [0.29, 0.717) is 0 Å². The quantitative estimate of drug-likeness (QED) is 0.865. The third-order valence-corrected chi connectivity index (χ3v) is 4.17. The van der Waals surface area contributed by atoms with Crippen molar-refractivity contribution in [2.45, 2.75) is 38.1 Å². The predicted molar refractivity (Wildman–Crippen MR) is 79.2 cm³/mol. The zero-order valence-electron chi connectivity index (χ0n) is 11.1. The molecule has 0 bridgehead atoms. The van der Waals surface area contributed by atoms with Gasteiger partial charge >= 0.3 is 5.97 Å². The van der Waals surface area contributed by atoms with E-state index < -0.39 is 12.0 Å². The second-order valence-electron chi connectivity index (χ2n) is 5.20. The molecule has 20 heavy (non-hydrogen) atoms. The minimum absolute atomic E-state index is 0.0197. The molecule has 1 saturated carbocycles. The number of nitrogens with one attached hydrogen (secondary N) is 1. The first-order valence-electron chi connectivity index (χ1n) is 6.84. The Hall–Kier alpha value is -1.36. The van der Waals surface area contributed by atoms with Gasteiger partial charge in [0, 0.05) is 10.4 Å². The van der Waals surface area contributed by atoms with Gasteiger partial charge in [-0.2, -0.15) is 0 Å². The van der Waals surface area contributed by atoms with Crippen LogP contribution in [0.2, 0.25) is 0 Å². The molecule has 1 aliphatic rings. The van der Waals surface area contributed by atoms with Gasteiger partial charge in [-0.25, -0.2) is 0 Å². The second-order valence-corrected chi connectivity index (χ2v) is 6.11. The van der Waals surface area contributed by atoms with Crippen LogP contribution in [0.4, 0.5) is 0 Å². The van der Waals surface area contributed by atoms with E-state index in [1.807, 2.05) is 24.3 Å². The number of amides is 1. The van der Waals surface area contributed by atoms with E-state index in [2.05, 4.69) is 21.2 Å². The summed E-state index contributed by atoms with van der Waals surface area (Å²) in [5.41, 5.74) is 0.813. The first-order valence-corrected chi connectivity index (χ1v) is 7.63. The summed E-state index contributed by atoms with van der Waals surface area (Å²) < 4.78 is 0.875. The third kappa shape index (κ3) is 4.07. The number of carbonyl (C=O) groups is 2. The minimum atomic E-state index is -0.915. The van der Waals surface area contributed by atoms with Gasteiger partial charge in [-0.05, 0) is 30.5 Å². The summed E-state index contributed by atoms with van der Waals surface area (Å²) >= 11 is 3.37. The molecule has 5 heteroatoms. The molecule has 0 spiro atoms. The lowest BCUT2D eigenvalue weighted by Gasteiger charge is -2.20. The van der Waals surface area contributed by atoms with Gasteiger partial charge in [-0.15, -0.1) is 0 Å². The zero-order valence-corrected chi connectivity index (χ0v) is 12.7. The summed E-state index contributed by atoms with van der Waals surface area (Å²) in [6.07, 6.45) is 3.88. The molecule has 1 aliphatic carbocycles. The highest BCUT2D eigenvalue weighted by Gasteiger charge is 2.26. The first-order chi connectivity index (χ1) is 9.56. The van der Waals surface area contributed by atoms with E-state index in [9.17, 15) is 9.59 Å². The van der Waals surface area contributed by atoms with Crippen LogP contribution < -0.4 is 5.32 Å². The summed E-state index contributed by atoms with van der Waals surface area (Å²) in [4.78, 5) is 23.2. The highest BCUT2D eigenvalue weighted by atomic mass is 79.9.